The summed E-state index contributed by atoms with van der Waals surface area (Å²) in [5, 5.41) is 12.7. The molecule has 0 aliphatic carbocycles. The Hall–Kier alpha value is -3.58. The topological polar surface area (TPSA) is 69.0 Å². The molecule has 7 heteroatoms. The van der Waals surface area contributed by atoms with Crippen LogP contribution < -0.4 is 10.1 Å². The minimum Gasteiger partial charge on any atom is -0.494 e. The summed E-state index contributed by atoms with van der Waals surface area (Å²) in [7, 11) is 0. The number of nitrogens with one attached hydrogen (secondary N) is 1. The van der Waals surface area contributed by atoms with Crippen molar-refractivity contribution in [1.29, 1.82) is 0 Å². The van der Waals surface area contributed by atoms with Crippen LogP contribution in [0.4, 0.5) is 0 Å². The second-order valence-corrected chi connectivity index (χ2v) is 9.70. The number of aryl methyl sites for hydroxylation is 2. The standard InChI is InChI=1S/C29H32N4O2S/c1-4-5-17-35-26-15-11-24(12-16-26)28(34)30-19-27-31-32-29(33(27)25-13-9-21(2)10-14-25)36-20-23-8-6-7-22(3)18-23/h6-16,18H,4-5,17,19-20H2,1-3H3,(H,30,34). The van der Waals surface area contributed by atoms with Crippen molar-refractivity contribution in [3.05, 3.63) is 101 Å². The van der Waals surface area contributed by atoms with Crippen LogP contribution in [0.15, 0.2) is 78.0 Å². The predicted octanol–water partition coefficient (Wildman–Crippen LogP) is 6.29. The van der Waals surface area contributed by atoms with Gasteiger partial charge in [-0.3, -0.25) is 9.36 Å². The molecule has 4 rings (SSSR count). The smallest absolute Gasteiger partial charge is 0.251 e. The van der Waals surface area contributed by atoms with Gasteiger partial charge in [0.25, 0.3) is 5.91 Å². The number of hydrogen-bond acceptors (Lipinski definition) is 5. The Morgan fingerprint density at radius 2 is 1.75 bits per heavy atom. The number of benzene rings is 3. The lowest BCUT2D eigenvalue weighted by atomic mass is 10.2. The molecule has 0 fully saturated rings. The number of carbonyl (C=O) groups is 1. The largest absolute Gasteiger partial charge is 0.494 e. The lowest BCUT2D eigenvalue weighted by Gasteiger charge is -2.12. The number of amides is 1. The molecule has 36 heavy (non-hydrogen) atoms. The zero-order valence-electron chi connectivity index (χ0n) is 21.0. The summed E-state index contributed by atoms with van der Waals surface area (Å²) in [6.07, 6.45) is 2.09. The van der Waals surface area contributed by atoms with E-state index in [4.69, 9.17) is 4.74 Å². The van der Waals surface area contributed by atoms with Crippen LogP contribution in [0.3, 0.4) is 0 Å². The lowest BCUT2D eigenvalue weighted by Crippen LogP contribution is -2.24. The molecule has 0 atom stereocenters. The van der Waals surface area contributed by atoms with Gasteiger partial charge < -0.3 is 10.1 Å². The summed E-state index contributed by atoms with van der Waals surface area (Å²) in [5.41, 5.74) is 5.19. The molecule has 4 aromatic rings. The zero-order chi connectivity index (χ0) is 25.3. The van der Waals surface area contributed by atoms with Gasteiger partial charge >= 0.3 is 0 Å². The van der Waals surface area contributed by atoms with Crippen LogP contribution in [0.5, 0.6) is 5.75 Å². The molecule has 0 saturated heterocycles. The molecule has 0 saturated carbocycles. The van der Waals surface area contributed by atoms with Gasteiger partial charge in [-0.15, -0.1) is 10.2 Å². The summed E-state index contributed by atoms with van der Waals surface area (Å²) in [5.74, 6) is 2.07. The first-order valence-corrected chi connectivity index (χ1v) is 13.2. The Balaban J connectivity index is 1.47. The van der Waals surface area contributed by atoms with E-state index in [0.29, 0.717) is 18.0 Å². The van der Waals surface area contributed by atoms with Gasteiger partial charge in [0, 0.05) is 17.0 Å². The molecule has 3 aromatic carbocycles. The van der Waals surface area contributed by atoms with Crippen molar-refractivity contribution in [2.75, 3.05) is 6.61 Å². The quantitative estimate of drug-likeness (QED) is 0.194. The molecule has 6 nitrogen and oxygen atoms in total. The SMILES string of the molecule is CCCCOc1ccc(C(=O)NCc2nnc(SCc3cccc(C)c3)n2-c2ccc(C)cc2)cc1. The Labute approximate surface area is 217 Å². The van der Waals surface area contributed by atoms with Crippen LogP contribution in [0.2, 0.25) is 0 Å². The minimum absolute atomic E-state index is 0.164. The first-order chi connectivity index (χ1) is 17.5. The third kappa shape index (κ3) is 6.76. The summed E-state index contributed by atoms with van der Waals surface area (Å²) >= 11 is 1.63. The van der Waals surface area contributed by atoms with E-state index in [2.05, 4.69) is 84.8 Å². The molecule has 0 unspecified atom stereocenters. The van der Waals surface area contributed by atoms with Crippen molar-refractivity contribution < 1.29 is 9.53 Å². The van der Waals surface area contributed by atoms with Crippen molar-refractivity contribution in [1.82, 2.24) is 20.1 Å². The van der Waals surface area contributed by atoms with E-state index in [0.717, 1.165) is 35.2 Å². The maximum absolute atomic E-state index is 12.8. The summed E-state index contributed by atoms with van der Waals surface area (Å²) in [6.45, 7) is 7.23. The molecule has 0 bridgehead atoms. The van der Waals surface area contributed by atoms with Crippen molar-refractivity contribution in [3.8, 4) is 11.4 Å². The number of carbonyl (C=O) groups excluding carboxylic acids is 1. The Kier molecular flexibility index (Phi) is 8.79. The van der Waals surface area contributed by atoms with E-state index in [9.17, 15) is 4.79 Å². The highest BCUT2D eigenvalue weighted by Gasteiger charge is 2.16. The van der Waals surface area contributed by atoms with Crippen LogP contribution in [-0.2, 0) is 12.3 Å². The molecule has 1 amide bonds. The van der Waals surface area contributed by atoms with Crippen LogP contribution in [-0.4, -0.2) is 27.3 Å². The molecule has 1 aromatic heterocycles. The summed E-state index contributed by atoms with van der Waals surface area (Å²) in [6, 6.07) is 23.9. The van der Waals surface area contributed by atoms with Gasteiger partial charge in [-0.25, -0.2) is 0 Å². The number of ether oxygens (including phenoxy) is 1. The van der Waals surface area contributed by atoms with Gasteiger partial charge in [-0.1, -0.05) is 72.6 Å². The molecule has 0 spiro atoms. The number of rotatable bonds is 11. The summed E-state index contributed by atoms with van der Waals surface area (Å²) < 4.78 is 7.71. The van der Waals surface area contributed by atoms with E-state index < -0.39 is 0 Å². The average molecular weight is 501 g/mol. The fraction of sp³-hybridized carbons (Fsp3) is 0.276. The van der Waals surface area contributed by atoms with Gasteiger partial charge in [0.15, 0.2) is 11.0 Å². The van der Waals surface area contributed by atoms with Crippen LogP contribution >= 0.6 is 11.8 Å². The van der Waals surface area contributed by atoms with Crippen LogP contribution in [0.1, 0.15) is 52.6 Å². The van der Waals surface area contributed by atoms with E-state index in [1.807, 2.05) is 16.7 Å². The fourth-order valence-electron chi connectivity index (χ4n) is 3.71. The van der Waals surface area contributed by atoms with Gasteiger partial charge in [0.2, 0.25) is 0 Å². The van der Waals surface area contributed by atoms with Gasteiger partial charge in [0.05, 0.1) is 13.2 Å². The highest BCUT2D eigenvalue weighted by atomic mass is 32.2. The molecule has 0 aliphatic rings. The van der Waals surface area contributed by atoms with Gasteiger partial charge in [-0.05, 0) is 62.2 Å². The Morgan fingerprint density at radius 3 is 2.47 bits per heavy atom. The molecule has 0 radical (unpaired) electrons. The van der Waals surface area contributed by atoms with E-state index >= 15 is 0 Å². The van der Waals surface area contributed by atoms with Crippen molar-refractivity contribution in [2.24, 2.45) is 0 Å². The molecular formula is C29H32N4O2S. The van der Waals surface area contributed by atoms with Crippen molar-refractivity contribution in [2.45, 2.75) is 51.1 Å². The number of unbranched alkanes of at least 4 members (excludes halogenated alkanes) is 1. The minimum atomic E-state index is -0.164. The summed E-state index contributed by atoms with van der Waals surface area (Å²) in [4.78, 5) is 12.8. The first-order valence-electron chi connectivity index (χ1n) is 12.2. The number of hydrogen-bond donors (Lipinski definition) is 1. The third-order valence-electron chi connectivity index (χ3n) is 5.73. The van der Waals surface area contributed by atoms with Gasteiger partial charge in [-0.2, -0.15) is 0 Å². The monoisotopic (exact) mass is 500 g/mol. The normalized spacial score (nSPS) is 10.9. The highest BCUT2D eigenvalue weighted by molar-refractivity contribution is 7.98. The molecule has 1 N–H and O–H groups in total. The number of aromatic nitrogens is 3. The first kappa shape index (κ1) is 25.5. The number of thioether (sulfide) groups is 1. The predicted molar refractivity (Wildman–Crippen MR) is 145 cm³/mol. The highest BCUT2D eigenvalue weighted by Crippen LogP contribution is 2.26. The lowest BCUT2D eigenvalue weighted by molar-refractivity contribution is 0.0949. The average Bonchev–Trinajstić information content (AvgIpc) is 3.30. The van der Waals surface area contributed by atoms with Crippen LogP contribution in [0, 0.1) is 13.8 Å². The molecule has 1 heterocycles. The third-order valence-corrected chi connectivity index (χ3v) is 6.73. The fourth-order valence-corrected chi connectivity index (χ4v) is 4.62. The van der Waals surface area contributed by atoms with Crippen molar-refractivity contribution in [3.63, 3.8) is 0 Å². The Morgan fingerprint density at radius 1 is 0.972 bits per heavy atom. The molecule has 186 valence electrons. The maximum Gasteiger partial charge on any atom is 0.251 e. The maximum atomic E-state index is 12.8. The van der Waals surface area contributed by atoms with E-state index in [-0.39, 0.29) is 12.5 Å². The second-order valence-electron chi connectivity index (χ2n) is 8.76. The van der Waals surface area contributed by atoms with E-state index in [1.165, 1.54) is 16.7 Å². The van der Waals surface area contributed by atoms with Gasteiger partial charge in [0.1, 0.15) is 5.75 Å². The van der Waals surface area contributed by atoms with Crippen molar-refractivity contribution >= 4 is 17.7 Å². The molecule has 0 aliphatic heterocycles. The molecular weight excluding hydrogens is 468 g/mol. The van der Waals surface area contributed by atoms with E-state index in [1.54, 1.807) is 23.9 Å². The number of nitrogens with zero attached hydrogens (tertiary/aromatic N) is 3. The Bertz CT molecular complexity index is 1280. The van der Waals surface area contributed by atoms with Crippen LogP contribution in [0.25, 0.3) is 5.69 Å². The zero-order valence-corrected chi connectivity index (χ0v) is 21.8. The second kappa shape index (κ2) is 12.4.